The minimum Gasteiger partial charge on any atom is -0.490 e. The van der Waals surface area contributed by atoms with E-state index >= 15 is 0 Å². The van der Waals surface area contributed by atoms with Gasteiger partial charge < -0.3 is 9.47 Å². The van der Waals surface area contributed by atoms with Gasteiger partial charge in [-0.1, -0.05) is 45.8 Å². The van der Waals surface area contributed by atoms with Gasteiger partial charge in [-0.3, -0.25) is 14.7 Å². The molecule has 0 N–H and O–H groups in total. The number of likely N-dealkylation sites (N-methyl/N-ethyl adjacent to an activating group) is 1. The summed E-state index contributed by atoms with van der Waals surface area (Å²) in [5.41, 5.74) is 3.16. The van der Waals surface area contributed by atoms with Crippen molar-refractivity contribution in [2.45, 2.75) is 34.3 Å². The van der Waals surface area contributed by atoms with Gasteiger partial charge in [-0.05, 0) is 68.8 Å². The van der Waals surface area contributed by atoms with Crippen LogP contribution in [-0.2, 0) is 11.4 Å². The second kappa shape index (κ2) is 10.9. The van der Waals surface area contributed by atoms with Crippen LogP contribution in [0.2, 0.25) is 0 Å². The number of hydrogen-bond acceptors (Lipinski definition) is 5. The van der Waals surface area contributed by atoms with Crippen LogP contribution in [-0.4, -0.2) is 35.7 Å². The van der Waals surface area contributed by atoms with Crippen LogP contribution in [0.5, 0.6) is 11.5 Å². The molecule has 5 nitrogen and oxygen atoms in total. The third-order valence-corrected chi connectivity index (χ3v) is 6.39. The number of nitrogens with zero attached hydrogens (tertiary/aromatic N) is 2. The van der Waals surface area contributed by atoms with Gasteiger partial charge >= 0.3 is 0 Å². The Morgan fingerprint density at radius 3 is 2.45 bits per heavy atom. The molecule has 0 spiro atoms. The fourth-order valence-electron chi connectivity index (χ4n) is 3.07. The van der Waals surface area contributed by atoms with Gasteiger partial charge in [-0.2, -0.15) is 0 Å². The van der Waals surface area contributed by atoms with E-state index in [1.54, 1.807) is 4.90 Å². The van der Waals surface area contributed by atoms with Crippen LogP contribution in [0.3, 0.4) is 0 Å². The zero-order chi connectivity index (χ0) is 22.4. The fourth-order valence-corrected chi connectivity index (χ4v) is 4.60. The minimum absolute atomic E-state index is 0.0238. The Kier molecular flexibility index (Phi) is 8.21. The highest BCUT2D eigenvalue weighted by atomic mass is 79.9. The van der Waals surface area contributed by atoms with Crippen LogP contribution in [0, 0.1) is 6.92 Å². The zero-order valence-electron chi connectivity index (χ0n) is 18.3. The molecule has 0 radical (unpaired) electrons. The molecule has 0 saturated carbocycles. The number of aryl methyl sites for hydroxylation is 1. The first kappa shape index (κ1) is 23.4. The molecule has 0 bridgehead atoms. The maximum atomic E-state index is 12.8. The van der Waals surface area contributed by atoms with Crippen molar-refractivity contribution in [3.05, 3.63) is 62.5 Å². The highest BCUT2D eigenvalue weighted by molar-refractivity contribution is 9.10. The van der Waals surface area contributed by atoms with E-state index in [1.165, 1.54) is 17.3 Å². The van der Waals surface area contributed by atoms with Gasteiger partial charge in [0, 0.05) is 17.6 Å². The molecule has 0 aliphatic carbocycles. The summed E-state index contributed by atoms with van der Waals surface area (Å²) in [7, 11) is 0. The van der Waals surface area contributed by atoms with E-state index in [-0.39, 0.29) is 5.91 Å². The van der Waals surface area contributed by atoms with E-state index in [0.29, 0.717) is 42.7 Å². The molecule has 0 aromatic heterocycles. The number of thioether (sulfide) groups is 1. The number of benzene rings is 2. The number of halogens is 1. The van der Waals surface area contributed by atoms with Crippen molar-refractivity contribution >= 4 is 44.8 Å². The number of carbonyl (C=O) groups excluding carboxylic acids is 1. The Morgan fingerprint density at radius 1 is 1.10 bits per heavy atom. The molecule has 1 aliphatic heterocycles. The summed E-state index contributed by atoms with van der Waals surface area (Å²) in [6, 6.07) is 12.1. The minimum atomic E-state index is -0.0238. The summed E-state index contributed by atoms with van der Waals surface area (Å²) in [4.78, 5) is 19.6. The van der Waals surface area contributed by atoms with Crippen molar-refractivity contribution in [2.24, 2.45) is 4.99 Å². The van der Waals surface area contributed by atoms with Crippen molar-refractivity contribution in [3.63, 3.8) is 0 Å². The van der Waals surface area contributed by atoms with Crippen molar-refractivity contribution in [1.29, 1.82) is 0 Å². The van der Waals surface area contributed by atoms with E-state index in [0.717, 1.165) is 20.8 Å². The molecule has 2 aromatic rings. The molecule has 1 fully saturated rings. The Labute approximate surface area is 196 Å². The van der Waals surface area contributed by atoms with Crippen LogP contribution in [0.25, 0.3) is 6.08 Å². The Bertz CT molecular complexity index is 1000. The summed E-state index contributed by atoms with van der Waals surface area (Å²) < 4.78 is 12.7. The quantitative estimate of drug-likeness (QED) is 0.412. The van der Waals surface area contributed by atoms with E-state index < -0.39 is 0 Å². The van der Waals surface area contributed by atoms with Crippen LogP contribution in [0.4, 0.5) is 0 Å². The van der Waals surface area contributed by atoms with Gasteiger partial charge in [0.25, 0.3) is 5.91 Å². The summed E-state index contributed by atoms with van der Waals surface area (Å²) in [6.07, 6.45) is 1.88. The standard InChI is InChI=1S/C24H27BrN2O3S/c1-5-26-24-27(6-2)23(28)22(31-24)13-18-12-20(29-7-3)21(14-19(18)25)30-15-17-10-8-16(4)9-11-17/h8-14H,5-7,15H2,1-4H3. The fraction of sp³-hybridized carbons (Fsp3) is 0.333. The molecule has 7 heteroatoms. The molecule has 0 atom stereocenters. The van der Waals surface area contributed by atoms with E-state index in [4.69, 9.17) is 9.47 Å². The number of amides is 1. The van der Waals surface area contributed by atoms with Gasteiger partial charge in [0.15, 0.2) is 16.7 Å². The predicted molar refractivity (Wildman–Crippen MR) is 132 cm³/mol. The average molecular weight is 503 g/mol. The van der Waals surface area contributed by atoms with Crippen LogP contribution >= 0.6 is 27.7 Å². The zero-order valence-corrected chi connectivity index (χ0v) is 20.7. The molecule has 3 rings (SSSR count). The smallest absolute Gasteiger partial charge is 0.266 e. The molecule has 1 heterocycles. The lowest BCUT2D eigenvalue weighted by Gasteiger charge is -2.14. The lowest BCUT2D eigenvalue weighted by Crippen LogP contribution is -2.28. The van der Waals surface area contributed by atoms with Crippen molar-refractivity contribution in [2.75, 3.05) is 19.7 Å². The van der Waals surface area contributed by atoms with Crippen molar-refractivity contribution in [1.82, 2.24) is 4.90 Å². The SMILES string of the molecule is CCN=C1SC(=Cc2cc(OCC)c(OCc3ccc(C)cc3)cc2Br)C(=O)N1CC. The van der Waals surface area contributed by atoms with E-state index in [9.17, 15) is 4.79 Å². The topological polar surface area (TPSA) is 51.1 Å². The summed E-state index contributed by atoms with van der Waals surface area (Å²) in [5, 5.41) is 0.750. The lowest BCUT2D eigenvalue weighted by molar-refractivity contribution is -0.122. The Morgan fingerprint density at radius 2 is 1.81 bits per heavy atom. The van der Waals surface area contributed by atoms with E-state index in [2.05, 4.69) is 52.1 Å². The molecular weight excluding hydrogens is 476 g/mol. The molecule has 1 aliphatic rings. The number of aliphatic imine (C=N–C) groups is 1. The summed E-state index contributed by atoms with van der Waals surface area (Å²) in [5.74, 6) is 1.28. The molecule has 164 valence electrons. The number of hydrogen-bond donors (Lipinski definition) is 0. The van der Waals surface area contributed by atoms with Crippen LogP contribution < -0.4 is 9.47 Å². The van der Waals surface area contributed by atoms with Crippen molar-refractivity contribution in [3.8, 4) is 11.5 Å². The first-order chi connectivity index (χ1) is 15.0. The molecule has 31 heavy (non-hydrogen) atoms. The second-order valence-electron chi connectivity index (χ2n) is 6.94. The average Bonchev–Trinajstić information content (AvgIpc) is 3.05. The normalized spacial score (nSPS) is 16.4. The third kappa shape index (κ3) is 5.71. The lowest BCUT2D eigenvalue weighted by atomic mass is 10.1. The molecule has 1 saturated heterocycles. The first-order valence-corrected chi connectivity index (χ1v) is 12.0. The number of ether oxygens (including phenoxy) is 2. The van der Waals surface area contributed by atoms with Gasteiger partial charge in [0.1, 0.15) is 6.61 Å². The number of amidine groups is 1. The molecule has 1 amide bonds. The highest BCUT2D eigenvalue weighted by Crippen LogP contribution is 2.38. The molecule has 0 unspecified atom stereocenters. The Hall–Kier alpha value is -2.25. The second-order valence-corrected chi connectivity index (χ2v) is 8.81. The number of rotatable bonds is 8. The molecular formula is C24H27BrN2O3S. The highest BCUT2D eigenvalue weighted by Gasteiger charge is 2.32. The third-order valence-electron chi connectivity index (χ3n) is 4.66. The van der Waals surface area contributed by atoms with Crippen molar-refractivity contribution < 1.29 is 14.3 Å². The summed E-state index contributed by atoms with van der Waals surface area (Å²) >= 11 is 5.04. The summed E-state index contributed by atoms with van der Waals surface area (Å²) in [6.45, 7) is 10.1. The maximum Gasteiger partial charge on any atom is 0.266 e. The maximum absolute atomic E-state index is 12.8. The Balaban J connectivity index is 1.87. The first-order valence-electron chi connectivity index (χ1n) is 10.4. The number of carbonyl (C=O) groups is 1. The van der Waals surface area contributed by atoms with Crippen LogP contribution in [0.1, 0.15) is 37.5 Å². The van der Waals surface area contributed by atoms with Crippen LogP contribution in [0.15, 0.2) is 50.8 Å². The van der Waals surface area contributed by atoms with Gasteiger partial charge in [-0.25, -0.2) is 0 Å². The monoisotopic (exact) mass is 502 g/mol. The molecule has 2 aromatic carbocycles. The predicted octanol–water partition coefficient (Wildman–Crippen LogP) is 6.05. The van der Waals surface area contributed by atoms with E-state index in [1.807, 2.05) is 39.0 Å². The largest absolute Gasteiger partial charge is 0.490 e. The van der Waals surface area contributed by atoms with Gasteiger partial charge in [-0.15, -0.1) is 0 Å². The van der Waals surface area contributed by atoms with Gasteiger partial charge in [0.05, 0.1) is 11.5 Å². The van der Waals surface area contributed by atoms with Gasteiger partial charge in [0.2, 0.25) is 0 Å².